The molecule has 1 N–H and O–H groups in total. The van der Waals surface area contributed by atoms with Gasteiger partial charge in [-0.3, -0.25) is 4.74 Å². The second-order valence-corrected chi connectivity index (χ2v) is 3.72. The zero-order valence-electron chi connectivity index (χ0n) is 10.2. The van der Waals surface area contributed by atoms with Crippen LogP contribution in [0.25, 0.3) is 0 Å². The molecule has 0 aromatic carbocycles. The molecule has 1 heterocycles. The summed E-state index contributed by atoms with van der Waals surface area (Å²) in [5.74, 6) is 0. The molecule has 4 nitrogen and oxygen atoms in total. The van der Waals surface area contributed by atoms with Gasteiger partial charge in [0.1, 0.15) is 0 Å². The van der Waals surface area contributed by atoms with Crippen LogP contribution in [0.15, 0.2) is 18.5 Å². The number of alkyl halides is 3. The van der Waals surface area contributed by atoms with Gasteiger partial charge in [0.15, 0.2) is 0 Å². The fourth-order valence-corrected chi connectivity index (χ4v) is 1.41. The SMILES string of the molecule is COCCNCc1ccn(CCOC(F)(F)F)c1. The Morgan fingerprint density at radius 3 is 2.78 bits per heavy atom. The summed E-state index contributed by atoms with van der Waals surface area (Å²) in [6.45, 7) is 1.82. The van der Waals surface area contributed by atoms with Gasteiger partial charge in [0.05, 0.1) is 13.2 Å². The zero-order chi connectivity index (χ0) is 13.4. The van der Waals surface area contributed by atoms with Gasteiger partial charge >= 0.3 is 6.36 Å². The van der Waals surface area contributed by atoms with Crippen LogP contribution in [0, 0.1) is 0 Å². The van der Waals surface area contributed by atoms with Crippen LogP contribution in [0.4, 0.5) is 13.2 Å². The van der Waals surface area contributed by atoms with E-state index in [9.17, 15) is 13.2 Å². The van der Waals surface area contributed by atoms with Gasteiger partial charge < -0.3 is 14.6 Å². The number of nitrogens with zero attached hydrogens (tertiary/aromatic N) is 1. The van der Waals surface area contributed by atoms with Crippen molar-refractivity contribution >= 4 is 0 Å². The third kappa shape index (κ3) is 6.63. The Bertz CT molecular complexity index is 339. The number of hydrogen-bond acceptors (Lipinski definition) is 3. The maximum Gasteiger partial charge on any atom is 0.522 e. The molecule has 0 unspecified atom stereocenters. The van der Waals surface area contributed by atoms with Crippen molar-refractivity contribution in [2.75, 3.05) is 26.9 Å². The van der Waals surface area contributed by atoms with Crippen LogP contribution in [-0.2, 0) is 22.6 Å². The van der Waals surface area contributed by atoms with Gasteiger partial charge in [0.25, 0.3) is 0 Å². The van der Waals surface area contributed by atoms with Crippen molar-refractivity contribution in [2.45, 2.75) is 19.5 Å². The summed E-state index contributed by atoms with van der Waals surface area (Å²) in [5, 5.41) is 3.15. The molecule has 0 aliphatic heterocycles. The third-order valence-corrected chi connectivity index (χ3v) is 2.24. The van der Waals surface area contributed by atoms with Crippen molar-refractivity contribution < 1.29 is 22.6 Å². The summed E-state index contributed by atoms with van der Waals surface area (Å²) in [6, 6.07) is 1.85. The number of hydrogen-bond donors (Lipinski definition) is 1. The lowest BCUT2D eigenvalue weighted by molar-refractivity contribution is -0.325. The molecule has 0 radical (unpaired) electrons. The van der Waals surface area contributed by atoms with E-state index in [-0.39, 0.29) is 13.2 Å². The molecule has 104 valence electrons. The van der Waals surface area contributed by atoms with Crippen molar-refractivity contribution in [1.82, 2.24) is 9.88 Å². The number of halogens is 3. The minimum atomic E-state index is -4.56. The first-order valence-electron chi connectivity index (χ1n) is 5.56. The van der Waals surface area contributed by atoms with Crippen LogP contribution in [0.3, 0.4) is 0 Å². The van der Waals surface area contributed by atoms with Crippen LogP contribution < -0.4 is 5.32 Å². The first-order valence-corrected chi connectivity index (χ1v) is 5.56. The maximum atomic E-state index is 11.7. The number of rotatable bonds is 8. The quantitative estimate of drug-likeness (QED) is 0.728. The summed E-state index contributed by atoms with van der Waals surface area (Å²) < 4.78 is 45.5. The molecule has 0 bridgehead atoms. The molecule has 7 heteroatoms. The maximum absolute atomic E-state index is 11.7. The van der Waals surface area contributed by atoms with Crippen LogP contribution in [0.1, 0.15) is 5.56 Å². The average Bonchev–Trinajstić information content (AvgIpc) is 2.71. The van der Waals surface area contributed by atoms with E-state index in [1.165, 1.54) is 0 Å². The van der Waals surface area contributed by atoms with Crippen molar-refractivity contribution in [3.05, 3.63) is 24.0 Å². The number of ether oxygens (including phenoxy) is 2. The predicted octanol–water partition coefficient (Wildman–Crippen LogP) is 1.76. The Labute approximate surface area is 104 Å². The largest absolute Gasteiger partial charge is 0.522 e. The standard InChI is InChI=1S/C11H17F3N2O2/c1-17-6-3-15-8-10-2-4-16(9-10)5-7-18-11(12,13)14/h2,4,9,15H,3,5-8H2,1H3. The Balaban J connectivity index is 2.21. The summed E-state index contributed by atoms with van der Waals surface area (Å²) in [4.78, 5) is 0. The van der Waals surface area contributed by atoms with Crippen LogP contribution >= 0.6 is 0 Å². The summed E-state index contributed by atoms with van der Waals surface area (Å²) in [5.41, 5.74) is 1.01. The van der Waals surface area contributed by atoms with Crippen molar-refractivity contribution in [1.29, 1.82) is 0 Å². The molecule has 0 aliphatic rings. The van der Waals surface area contributed by atoms with Gasteiger partial charge in [0.2, 0.25) is 0 Å². The molecule has 0 saturated heterocycles. The lowest BCUT2D eigenvalue weighted by Crippen LogP contribution is -2.18. The van der Waals surface area contributed by atoms with E-state index in [4.69, 9.17) is 4.74 Å². The highest BCUT2D eigenvalue weighted by Gasteiger charge is 2.28. The molecule has 0 saturated carbocycles. The van der Waals surface area contributed by atoms with Crippen molar-refractivity contribution in [3.63, 3.8) is 0 Å². The van der Waals surface area contributed by atoms with Gasteiger partial charge in [-0.1, -0.05) is 0 Å². The first kappa shape index (κ1) is 15.0. The normalized spacial score (nSPS) is 12.0. The smallest absolute Gasteiger partial charge is 0.383 e. The minimum Gasteiger partial charge on any atom is -0.383 e. The van der Waals surface area contributed by atoms with E-state index in [2.05, 4.69) is 10.1 Å². The third-order valence-electron chi connectivity index (χ3n) is 2.24. The second kappa shape index (κ2) is 7.40. The highest BCUT2D eigenvalue weighted by molar-refractivity contribution is 5.09. The van der Waals surface area contributed by atoms with Crippen LogP contribution in [0.5, 0.6) is 0 Å². The zero-order valence-corrected chi connectivity index (χ0v) is 10.2. The Morgan fingerprint density at radius 1 is 1.33 bits per heavy atom. The molecular formula is C11H17F3N2O2. The number of methoxy groups -OCH3 is 1. The van der Waals surface area contributed by atoms with E-state index in [0.717, 1.165) is 12.1 Å². The molecule has 1 aromatic heterocycles. The lowest BCUT2D eigenvalue weighted by Gasteiger charge is -2.07. The van der Waals surface area contributed by atoms with Crippen LogP contribution in [0.2, 0.25) is 0 Å². The van der Waals surface area contributed by atoms with Crippen molar-refractivity contribution in [3.8, 4) is 0 Å². The fraction of sp³-hybridized carbons (Fsp3) is 0.636. The summed E-state index contributed by atoms with van der Waals surface area (Å²) in [7, 11) is 1.62. The van der Waals surface area contributed by atoms with E-state index in [1.807, 2.05) is 6.07 Å². The Kier molecular flexibility index (Phi) is 6.17. The van der Waals surface area contributed by atoms with Crippen LogP contribution in [-0.4, -0.2) is 37.8 Å². The molecule has 0 amide bonds. The molecule has 0 atom stereocenters. The topological polar surface area (TPSA) is 35.4 Å². The fourth-order valence-electron chi connectivity index (χ4n) is 1.41. The minimum absolute atomic E-state index is 0.178. The molecule has 1 aromatic rings. The molecular weight excluding hydrogens is 249 g/mol. The molecule has 0 aliphatic carbocycles. The van der Waals surface area contributed by atoms with E-state index >= 15 is 0 Å². The number of aromatic nitrogens is 1. The molecule has 18 heavy (non-hydrogen) atoms. The number of nitrogens with one attached hydrogen (secondary N) is 1. The summed E-state index contributed by atoms with van der Waals surface area (Å²) in [6.07, 6.45) is -1.04. The Hall–Kier alpha value is -1.05. The lowest BCUT2D eigenvalue weighted by atomic mass is 10.3. The van der Waals surface area contributed by atoms with Gasteiger partial charge in [0, 0.05) is 39.1 Å². The van der Waals surface area contributed by atoms with E-state index < -0.39 is 6.36 Å². The monoisotopic (exact) mass is 266 g/mol. The highest BCUT2D eigenvalue weighted by atomic mass is 19.4. The highest BCUT2D eigenvalue weighted by Crippen LogP contribution is 2.15. The van der Waals surface area contributed by atoms with Gasteiger partial charge in [-0.05, 0) is 11.6 Å². The first-order chi connectivity index (χ1) is 8.51. The van der Waals surface area contributed by atoms with Gasteiger partial charge in [-0.15, -0.1) is 13.2 Å². The summed E-state index contributed by atoms with van der Waals surface area (Å²) >= 11 is 0. The average molecular weight is 266 g/mol. The predicted molar refractivity (Wildman–Crippen MR) is 60.0 cm³/mol. The molecule has 0 fully saturated rings. The van der Waals surface area contributed by atoms with E-state index in [0.29, 0.717) is 13.2 Å². The second-order valence-electron chi connectivity index (χ2n) is 3.72. The van der Waals surface area contributed by atoms with Gasteiger partial charge in [-0.2, -0.15) is 0 Å². The molecule has 1 rings (SSSR count). The Morgan fingerprint density at radius 2 is 2.11 bits per heavy atom. The molecule has 0 spiro atoms. The van der Waals surface area contributed by atoms with Crippen molar-refractivity contribution in [2.24, 2.45) is 0 Å². The van der Waals surface area contributed by atoms with E-state index in [1.54, 1.807) is 24.1 Å². The van der Waals surface area contributed by atoms with Gasteiger partial charge in [-0.25, -0.2) is 0 Å².